The Balaban J connectivity index is 1.59. The predicted molar refractivity (Wildman–Crippen MR) is 139 cm³/mol. The van der Waals surface area contributed by atoms with E-state index in [4.69, 9.17) is 14.7 Å². The minimum absolute atomic E-state index is 0.0928. The van der Waals surface area contributed by atoms with Gasteiger partial charge in [-0.25, -0.2) is 0 Å². The van der Waals surface area contributed by atoms with Crippen molar-refractivity contribution in [3.63, 3.8) is 0 Å². The summed E-state index contributed by atoms with van der Waals surface area (Å²) in [5.74, 6) is 0.379. The first-order valence-electron chi connectivity index (χ1n) is 11.6. The normalized spacial score (nSPS) is 14.6. The number of aryl methyl sites for hydroxylation is 2. The van der Waals surface area contributed by atoms with Crippen LogP contribution in [0, 0.1) is 18.3 Å². The highest BCUT2D eigenvalue weighted by atomic mass is 16.5. The molecule has 0 fully saturated rings. The molecule has 1 aliphatic rings. The SMILES string of the molecule is COc1cc(/C=C/C(=O)N2c3ccccc3CCC2C(=O)Nc2ccc(C)cc2)ccc1OCC#N. The summed E-state index contributed by atoms with van der Waals surface area (Å²) in [5.41, 5.74) is 4.27. The number of hydrogen-bond donors (Lipinski definition) is 1. The highest BCUT2D eigenvalue weighted by Gasteiger charge is 2.34. The fourth-order valence-electron chi connectivity index (χ4n) is 4.19. The molecule has 1 heterocycles. The molecular formula is C29H27N3O4. The van der Waals surface area contributed by atoms with E-state index < -0.39 is 6.04 Å². The lowest BCUT2D eigenvalue weighted by Gasteiger charge is -2.35. The second-order valence-electron chi connectivity index (χ2n) is 8.44. The first-order chi connectivity index (χ1) is 17.5. The zero-order valence-corrected chi connectivity index (χ0v) is 20.2. The number of carbonyl (C=O) groups is 2. The second-order valence-corrected chi connectivity index (χ2v) is 8.44. The number of amides is 2. The fraction of sp³-hybridized carbons (Fsp3) is 0.207. The predicted octanol–water partition coefficient (Wildman–Crippen LogP) is 4.91. The van der Waals surface area contributed by atoms with Crippen LogP contribution in [-0.2, 0) is 16.0 Å². The fourth-order valence-corrected chi connectivity index (χ4v) is 4.19. The van der Waals surface area contributed by atoms with Crippen LogP contribution in [0.5, 0.6) is 11.5 Å². The lowest BCUT2D eigenvalue weighted by atomic mass is 9.94. The van der Waals surface area contributed by atoms with Crippen molar-refractivity contribution in [1.82, 2.24) is 0 Å². The Bertz CT molecular complexity index is 1330. The Labute approximate surface area is 210 Å². The summed E-state index contributed by atoms with van der Waals surface area (Å²) >= 11 is 0. The van der Waals surface area contributed by atoms with E-state index in [1.54, 1.807) is 29.2 Å². The number of hydrogen-bond acceptors (Lipinski definition) is 5. The van der Waals surface area contributed by atoms with Crippen LogP contribution in [0.1, 0.15) is 23.1 Å². The van der Waals surface area contributed by atoms with Gasteiger partial charge in [0.15, 0.2) is 18.1 Å². The summed E-state index contributed by atoms with van der Waals surface area (Å²) in [6, 6.07) is 21.7. The molecule has 0 aliphatic carbocycles. The molecular weight excluding hydrogens is 454 g/mol. The molecule has 7 heteroatoms. The van der Waals surface area contributed by atoms with Gasteiger partial charge in [0.05, 0.1) is 7.11 Å². The quantitative estimate of drug-likeness (QED) is 0.485. The number of nitrogens with zero attached hydrogens (tertiary/aromatic N) is 2. The van der Waals surface area contributed by atoms with Gasteiger partial charge < -0.3 is 14.8 Å². The number of carbonyl (C=O) groups excluding carboxylic acids is 2. The zero-order valence-electron chi connectivity index (χ0n) is 20.2. The average Bonchev–Trinajstić information content (AvgIpc) is 2.91. The van der Waals surface area contributed by atoms with E-state index in [2.05, 4.69) is 5.32 Å². The Kier molecular flexibility index (Phi) is 7.66. The van der Waals surface area contributed by atoms with Gasteiger partial charge in [-0.15, -0.1) is 0 Å². The lowest BCUT2D eigenvalue weighted by molar-refractivity contribution is -0.121. The van der Waals surface area contributed by atoms with Crippen LogP contribution in [-0.4, -0.2) is 31.6 Å². The number of nitriles is 1. The van der Waals surface area contributed by atoms with Crippen LogP contribution in [0.2, 0.25) is 0 Å². The standard InChI is InChI=1S/C29H27N3O4/c1-20-7-12-23(13-8-20)31-29(34)25-14-11-22-5-3-4-6-24(22)32(25)28(33)16-10-21-9-15-26(36-18-17-30)27(19-21)35-2/h3-10,12-13,15-16,19,25H,11,14,18H2,1-2H3,(H,31,34)/b16-10+. The van der Waals surface area contributed by atoms with E-state index >= 15 is 0 Å². The largest absolute Gasteiger partial charge is 0.493 e. The molecule has 1 unspecified atom stereocenters. The van der Waals surface area contributed by atoms with Crippen molar-refractivity contribution in [2.24, 2.45) is 0 Å². The number of rotatable bonds is 7. The molecule has 3 aromatic carbocycles. The molecule has 1 atom stereocenters. The van der Waals surface area contributed by atoms with Gasteiger partial charge in [-0.05, 0) is 67.3 Å². The van der Waals surface area contributed by atoms with E-state index in [0.717, 1.165) is 22.4 Å². The molecule has 1 N–H and O–H groups in total. The van der Waals surface area contributed by atoms with Crippen LogP contribution in [0.15, 0.2) is 72.8 Å². The molecule has 182 valence electrons. The molecule has 2 amide bonds. The van der Waals surface area contributed by atoms with E-state index in [9.17, 15) is 9.59 Å². The van der Waals surface area contributed by atoms with Gasteiger partial charge in [0.1, 0.15) is 12.1 Å². The van der Waals surface area contributed by atoms with E-state index in [-0.39, 0.29) is 18.4 Å². The number of para-hydroxylation sites is 1. The van der Waals surface area contributed by atoms with Gasteiger partial charge in [0.2, 0.25) is 5.91 Å². The molecule has 4 rings (SSSR count). The Morgan fingerprint density at radius 2 is 1.89 bits per heavy atom. The Hall–Kier alpha value is -4.57. The van der Waals surface area contributed by atoms with Gasteiger partial charge >= 0.3 is 0 Å². The molecule has 0 saturated carbocycles. The lowest BCUT2D eigenvalue weighted by Crippen LogP contribution is -2.49. The molecule has 0 radical (unpaired) electrons. The number of fused-ring (bicyclic) bond motifs is 1. The third kappa shape index (κ3) is 5.56. The number of nitrogens with one attached hydrogen (secondary N) is 1. The summed E-state index contributed by atoms with van der Waals surface area (Å²) in [7, 11) is 1.51. The van der Waals surface area contributed by atoms with Gasteiger partial charge in [-0.2, -0.15) is 5.26 Å². The zero-order chi connectivity index (χ0) is 25.5. The van der Waals surface area contributed by atoms with Crippen molar-refractivity contribution in [2.45, 2.75) is 25.8 Å². The average molecular weight is 482 g/mol. The Morgan fingerprint density at radius 3 is 2.64 bits per heavy atom. The van der Waals surface area contributed by atoms with Crippen LogP contribution >= 0.6 is 0 Å². The second kappa shape index (κ2) is 11.2. The smallest absolute Gasteiger partial charge is 0.251 e. The summed E-state index contributed by atoms with van der Waals surface area (Å²) < 4.78 is 10.7. The van der Waals surface area contributed by atoms with Crippen molar-refractivity contribution >= 4 is 29.3 Å². The van der Waals surface area contributed by atoms with Gasteiger partial charge in [0, 0.05) is 17.5 Å². The van der Waals surface area contributed by atoms with Crippen molar-refractivity contribution in [3.05, 3.63) is 89.5 Å². The van der Waals surface area contributed by atoms with Crippen LogP contribution < -0.4 is 19.7 Å². The van der Waals surface area contributed by atoms with Crippen molar-refractivity contribution < 1.29 is 19.1 Å². The van der Waals surface area contributed by atoms with Crippen LogP contribution in [0.4, 0.5) is 11.4 Å². The minimum atomic E-state index is -0.644. The van der Waals surface area contributed by atoms with E-state index in [0.29, 0.717) is 30.0 Å². The molecule has 0 bridgehead atoms. The van der Waals surface area contributed by atoms with Crippen molar-refractivity contribution in [1.29, 1.82) is 5.26 Å². The molecule has 0 saturated heterocycles. The first kappa shape index (κ1) is 24.6. The number of anilines is 2. The molecule has 36 heavy (non-hydrogen) atoms. The van der Waals surface area contributed by atoms with Crippen molar-refractivity contribution in [2.75, 3.05) is 23.9 Å². The van der Waals surface area contributed by atoms with E-state index in [1.165, 1.54) is 13.2 Å². The van der Waals surface area contributed by atoms with Gasteiger partial charge in [-0.1, -0.05) is 42.0 Å². The van der Waals surface area contributed by atoms with Gasteiger partial charge in [0.25, 0.3) is 5.91 Å². The monoisotopic (exact) mass is 481 g/mol. The summed E-state index contributed by atoms with van der Waals surface area (Å²) in [4.78, 5) is 28.3. The number of methoxy groups -OCH3 is 1. The minimum Gasteiger partial charge on any atom is -0.493 e. The van der Waals surface area contributed by atoms with E-state index in [1.807, 2.05) is 61.5 Å². The highest BCUT2D eigenvalue weighted by molar-refractivity contribution is 6.11. The number of ether oxygens (including phenoxy) is 2. The Morgan fingerprint density at radius 1 is 1.11 bits per heavy atom. The highest BCUT2D eigenvalue weighted by Crippen LogP contribution is 2.32. The maximum absolute atomic E-state index is 13.5. The molecule has 1 aliphatic heterocycles. The van der Waals surface area contributed by atoms with Crippen LogP contribution in [0.25, 0.3) is 6.08 Å². The molecule has 7 nitrogen and oxygen atoms in total. The maximum atomic E-state index is 13.5. The maximum Gasteiger partial charge on any atom is 0.251 e. The third-order valence-electron chi connectivity index (χ3n) is 6.01. The summed E-state index contributed by atoms with van der Waals surface area (Å²) in [6.45, 7) is 1.89. The topological polar surface area (TPSA) is 91.7 Å². The van der Waals surface area contributed by atoms with Crippen molar-refractivity contribution in [3.8, 4) is 17.6 Å². The third-order valence-corrected chi connectivity index (χ3v) is 6.01. The number of benzene rings is 3. The van der Waals surface area contributed by atoms with Crippen LogP contribution in [0.3, 0.4) is 0 Å². The summed E-state index contributed by atoms with van der Waals surface area (Å²) in [6.07, 6.45) is 4.36. The molecule has 3 aromatic rings. The molecule has 0 spiro atoms. The summed E-state index contributed by atoms with van der Waals surface area (Å²) in [5, 5.41) is 11.7. The van der Waals surface area contributed by atoms with Gasteiger partial charge in [-0.3, -0.25) is 14.5 Å². The molecule has 0 aromatic heterocycles. The first-order valence-corrected chi connectivity index (χ1v) is 11.6.